The highest BCUT2D eigenvalue weighted by molar-refractivity contribution is 5.88. The summed E-state index contributed by atoms with van der Waals surface area (Å²) in [4.78, 5) is 15.7. The third kappa shape index (κ3) is 2.93. The molecule has 1 saturated heterocycles. The van der Waals surface area contributed by atoms with Gasteiger partial charge in [-0.1, -0.05) is 6.07 Å². The minimum Gasteiger partial charge on any atom is -0.358 e. The van der Waals surface area contributed by atoms with E-state index in [-0.39, 0.29) is 12.3 Å². The van der Waals surface area contributed by atoms with Crippen LogP contribution in [-0.2, 0) is 4.74 Å². The largest absolute Gasteiger partial charge is 0.358 e. The molecule has 86 valence electrons. The molecule has 2 rings (SSSR count). The van der Waals surface area contributed by atoms with Gasteiger partial charge in [-0.05, 0) is 31.9 Å². The second-order valence-corrected chi connectivity index (χ2v) is 3.76. The number of hydrogen-bond acceptors (Lipinski definition) is 3. The molecule has 2 heterocycles. The van der Waals surface area contributed by atoms with Crippen molar-refractivity contribution in [3.8, 4) is 0 Å². The van der Waals surface area contributed by atoms with E-state index in [9.17, 15) is 4.79 Å². The van der Waals surface area contributed by atoms with Crippen molar-refractivity contribution < 1.29 is 9.53 Å². The van der Waals surface area contributed by atoms with Crippen LogP contribution < -0.4 is 10.6 Å². The van der Waals surface area contributed by atoms with Gasteiger partial charge in [-0.2, -0.15) is 0 Å². The lowest BCUT2D eigenvalue weighted by molar-refractivity contribution is 0.0928. The summed E-state index contributed by atoms with van der Waals surface area (Å²) >= 11 is 0. The van der Waals surface area contributed by atoms with Crippen LogP contribution in [0.1, 0.15) is 18.5 Å². The van der Waals surface area contributed by atoms with Gasteiger partial charge >= 0.3 is 6.03 Å². The zero-order chi connectivity index (χ0) is 11.4. The summed E-state index contributed by atoms with van der Waals surface area (Å²) < 4.78 is 5.29. The molecule has 0 aromatic carbocycles. The fraction of sp³-hybridized carbons (Fsp3) is 0.455. The summed E-state index contributed by atoms with van der Waals surface area (Å²) in [6.45, 7) is 2.59. The van der Waals surface area contributed by atoms with Crippen molar-refractivity contribution in [2.24, 2.45) is 0 Å². The molecule has 1 aliphatic rings. The Morgan fingerprint density at radius 3 is 3.12 bits per heavy atom. The number of pyridine rings is 1. The summed E-state index contributed by atoms with van der Waals surface area (Å²) in [7, 11) is 0. The van der Waals surface area contributed by atoms with Gasteiger partial charge in [0.15, 0.2) is 0 Å². The molecular weight excluding hydrogens is 206 g/mol. The van der Waals surface area contributed by atoms with Crippen LogP contribution in [-0.4, -0.2) is 23.8 Å². The average Bonchev–Trinajstić information content (AvgIpc) is 2.70. The van der Waals surface area contributed by atoms with E-state index in [2.05, 4.69) is 15.6 Å². The van der Waals surface area contributed by atoms with E-state index < -0.39 is 0 Å². The van der Waals surface area contributed by atoms with Crippen molar-refractivity contribution in [3.05, 3.63) is 23.9 Å². The fourth-order valence-electron chi connectivity index (χ4n) is 1.60. The molecular formula is C11H15N3O2. The molecule has 2 amide bonds. The van der Waals surface area contributed by atoms with Gasteiger partial charge in [0.25, 0.3) is 0 Å². The molecule has 0 saturated carbocycles. The van der Waals surface area contributed by atoms with Crippen molar-refractivity contribution in [3.63, 3.8) is 0 Å². The normalized spacial score (nSPS) is 19.4. The summed E-state index contributed by atoms with van der Waals surface area (Å²) in [5, 5.41) is 5.40. The van der Waals surface area contributed by atoms with Gasteiger partial charge in [-0.25, -0.2) is 9.78 Å². The second kappa shape index (κ2) is 4.94. The Hall–Kier alpha value is -1.62. The van der Waals surface area contributed by atoms with E-state index in [1.165, 1.54) is 0 Å². The lowest BCUT2D eigenvalue weighted by Crippen LogP contribution is -2.37. The topological polar surface area (TPSA) is 63.2 Å². The minimum atomic E-state index is -0.273. The molecule has 1 fully saturated rings. The highest BCUT2D eigenvalue weighted by Gasteiger charge is 2.17. The monoisotopic (exact) mass is 221 g/mol. The first-order chi connectivity index (χ1) is 7.74. The van der Waals surface area contributed by atoms with Crippen molar-refractivity contribution in [1.29, 1.82) is 0 Å². The quantitative estimate of drug-likeness (QED) is 0.798. The number of carbonyl (C=O) groups is 1. The van der Waals surface area contributed by atoms with E-state index in [0.717, 1.165) is 18.5 Å². The van der Waals surface area contributed by atoms with Gasteiger partial charge in [-0.15, -0.1) is 0 Å². The van der Waals surface area contributed by atoms with Gasteiger partial charge in [0.05, 0.1) is 0 Å². The molecule has 1 aromatic heterocycles. The van der Waals surface area contributed by atoms with E-state index in [1.54, 1.807) is 6.07 Å². The Morgan fingerprint density at radius 2 is 2.44 bits per heavy atom. The molecule has 0 radical (unpaired) electrons. The van der Waals surface area contributed by atoms with E-state index in [0.29, 0.717) is 12.4 Å². The summed E-state index contributed by atoms with van der Waals surface area (Å²) in [6, 6.07) is 5.21. The Morgan fingerprint density at radius 1 is 1.56 bits per heavy atom. The first-order valence-corrected chi connectivity index (χ1v) is 5.37. The van der Waals surface area contributed by atoms with Crippen molar-refractivity contribution in [2.75, 3.05) is 11.9 Å². The van der Waals surface area contributed by atoms with E-state index >= 15 is 0 Å². The van der Waals surface area contributed by atoms with Gasteiger partial charge < -0.3 is 10.1 Å². The molecule has 0 spiro atoms. The molecule has 1 aliphatic heterocycles. The smallest absolute Gasteiger partial charge is 0.322 e. The van der Waals surface area contributed by atoms with Crippen molar-refractivity contribution in [1.82, 2.24) is 10.3 Å². The lowest BCUT2D eigenvalue weighted by Gasteiger charge is -2.12. The van der Waals surface area contributed by atoms with Gasteiger partial charge in [-0.3, -0.25) is 5.32 Å². The standard InChI is InChI=1S/C11H15N3O2/c1-8-4-2-5-9(12-8)13-11(15)14-10-6-3-7-16-10/h2,4-5,10H,3,6-7H2,1H3,(H2,12,13,14,15). The van der Waals surface area contributed by atoms with Crippen LogP contribution in [0.2, 0.25) is 0 Å². The highest BCUT2D eigenvalue weighted by atomic mass is 16.5. The molecule has 16 heavy (non-hydrogen) atoms. The molecule has 1 atom stereocenters. The van der Waals surface area contributed by atoms with Crippen LogP contribution in [0.3, 0.4) is 0 Å². The minimum absolute atomic E-state index is 0.162. The summed E-state index contributed by atoms with van der Waals surface area (Å²) in [5.74, 6) is 0.551. The SMILES string of the molecule is Cc1cccc(NC(=O)NC2CCCO2)n1. The number of carbonyl (C=O) groups excluding carboxylic acids is 1. The number of urea groups is 1. The first kappa shape index (κ1) is 10.9. The van der Waals surface area contributed by atoms with Gasteiger partial charge in [0, 0.05) is 12.3 Å². The molecule has 0 aliphatic carbocycles. The van der Waals surface area contributed by atoms with Crippen LogP contribution >= 0.6 is 0 Å². The molecule has 2 N–H and O–H groups in total. The third-order valence-electron chi connectivity index (χ3n) is 2.35. The highest BCUT2D eigenvalue weighted by Crippen LogP contribution is 2.09. The van der Waals surface area contributed by atoms with Crippen LogP contribution in [0.25, 0.3) is 0 Å². The van der Waals surface area contributed by atoms with Crippen molar-refractivity contribution in [2.45, 2.75) is 26.0 Å². The van der Waals surface area contributed by atoms with Crippen LogP contribution in [0.5, 0.6) is 0 Å². The van der Waals surface area contributed by atoms with Crippen LogP contribution in [0, 0.1) is 6.92 Å². The predicted octanol–water partition coefficient (Wildman–Crippen LogP) is 1.65. The first-order valence-electron chi connectivity index (χ1n) is 5.37. The Bertz CT molecular complexity index is 375. The third-order valence-corrected chi connectivity index (χ3v) is 2.35. The van der Waals surface area contributed by atoms with Gasteiger partial charge in [0.1, 0.15) is 12.0 Å². The molecule has 0 bridgehead atoms. The molecule has 5 heteroatoms. The summed E-state index contributed by atoms with van der Waals surface area (Å²) in [6.07, 6.45) is 1.70. The number of rotatable bonds is 2. The van der Waals surface area contributed by atoms with Crippen molar-refractivity contribution >= 4 is 11.8 Å². The Kier molecular flexibility index (Phi) is 3.36. The lowest BCUT2D eigenvalue weighted by atomic mass is 10.3. The van der Waals surface area contributed by atoms with Crippen LogP contribution in [0.15, 0.2) is 18.2 Å². The van der Waals surface area contributed by atoms with Crippen LogP contribution in [0.4, 0.5) is 10.6 Å². The zero-order valence-electron chi connectivity index (χ0n) is 9.19. The molecule has 1 unspecified atom stereocenters. The molecule has 5 nitrogen and oxygen atoms in total. The zero-order valence-corrected chi connectivity index (χ0v) is 9.19. The predicted molar refractivity (Wildman–Crippen MR) is 60.1 cm³/mol. The van der Waals surface area contributed by atoms with Gasteiger partial charge in [0.2, 0.25) is 0 Å². The fourth-order valence-corrected chi connectivity index (χ4v) is 1.60. The van der Waals surface area contributed by atoms with E-state index in [4.69, 9.17) is 4.74 Å². The number of hydrogen-bond donors (Lipinski definition) is 2. The maximum absolute atomic E-state index is 11.5. The maximum atomic E-state index is 11.5. The average molecular weight is 221 g/mol. The Labute approximate surface area is 94.2 Å². The number of ether oxygens (including phenoxy) is 1. The number of aryl methyl sites for hydroxylation is 1. The Balaban J connectivity index is 1.86. The number of amides is 2. The maximum Gasteiger partial charge on any atom is 0.322 e. The number of nitrogens with zero attached hydrogens (tertiary/aromatic N) is 1. The molecule has 1 aromatic rings. The second-order valence-electron chi connectivity index (χ2n) is 3.76. The summed E-state index contributed by atoms with van der Waals surface area (Å²) in [5.41, 5.74) is 0.870. The number of anilines is 1. The number of aromatic nitrogens is 1. The van der Waals surface area contributed by atoms with E-state index in [1.807, 2.05) is 19.1 Å². The number of nitrogens with one attached hydrogen (secondary N) is 2.